The molecule has 0 bridgehead atoms. The van der Waals surface area contributed by atoms with E-state index in [4.69, 9.17) is 0 Å². The maximum absolute atomic E-state index is 13.1. The van der Waals surface area contributed by atoms with E-state index in [1.54, 1.807) is 0 Å². The lowest BCUT2D eigenvalue weighted by Gasteiger charge is -2.44. The van der Waals surface area contributed by atoms with E-state index >= 15 is 0 Å². The van der Waals surface area contributed by atoms with Gasteiger partial charge in [0.05, 0.1) is 11.3 Å². The average molecular weight is 459 g/mol. The molecule has 2 fully saturated rings. The molecule has 0 saturated carbocycles. The number of halogens is 1. The second kappa shape index (κ2) is 8.29. The number of likely N-dealkylation sites (tertiary alicyclic amines) is 1. The highest BCUT2D eigenvalue weighted by molar-refractivity contribution is 9.10. The van der Waals surface area contributed by atoms with E-state index in [9.17, 15) is 9.59 Å². The van der Waals surface area contributed by atoms with Gasteiger partial charge in [-0.25, -0.2) is 0 Å². The van der Waals surface area contributed by atoms with Crippen LogP contribution in [0.1, 0.15) is 28.8 Å². The fourth-order valence-electron chi connectivity index (χ4n) is 4.05. The highest BCUT2D eigenvalue weighted by Gasteiger charge is 2.46. The fraction of sp³-hybridized carbons (Fsp3) is 0.364. The van der Waals surface area contributed by atoms with Crippen LogP contribution in [0.25, 0.3) is 0 Å². The molecule has 4 rings (SSSR count). The van der Waals surface area contributed by atoms with Gasteiger partial charge in [-0.2, -0.15) is 0 Å². The average Bonchev–Trinajstić information content (AvgIpc) is 3.12. The van der Waals surface area contributed by atoms with Gasteiger partial charge < -0.3 is 9.80 Å². The SMILES string of the molecule is O=C(Cc1ccccc1)N1CCC2(CC1)SCCN2C(=O)c1ccc(Br)cc1. The molecular formula is C22H23BrN2O2S. The summed E-state index contributed by atoms with van der Waals surface area (Å²) in [6.07, 6.45) is 2.11. The van der Waals surface area contributed by atoms with Gasteiger partial charge in [0.15, 0.2) is 0 Å². The van der Waals surface area contributed by atoms with Gasteiger partial charge in [-0.15, -0.1) is 11.8 Å². The first-order chi connectivity index (χ1) is 13.6. The molecular weight excluding hydrogens is 436 g/mol. The van der Waals surface area contributed by atoms with E-state index in [2.05, 4.69) is 15.9 Å². The quantitative estimate of drug-likeness (QED) is 0.691. The Balaban J connectivity index is 1.41. The molecule has 0 atom stereocenters. The molecule has 2 amide bonds. The van der Waals surface area contributed by atoms with Gasteiger partial charge in [0.2, 0.25) is 5.91 Å². The molecule has 2 heterocycles. The lowest BCUT2D eigenvalue weighted by Crippen LogP contribution is -2.53. The third kappa shape index (κ3) is 3.98. The topological polar surface area (TPSA) is 40.6 Å². The predicted molar refractivity (Wildman–Crippen MR) is 116 cm³/mol. The molecule has 1 spiro atoms. The Morgan fingerprint density at radius 2 is 1.64 bits per heavy atom. The maximum Gasteiger partial charge on any atom is 0.254 e. The van der Waals surface area contributed by atoms with Crippen molar-refractivity contribution in [3.05, 3.63) is 70.2 Å². The molecule has 28 heavy (non-hydrogen) atoms. The molecule has 0 aromatic heterocycles. The lowest BCUT2D eigenvalue weighted by molar-refractivity contribution is -0.132. The number of amides is 2. The van der Waals surface area contributed by atoms with Crippen LogP contribution in [0.5, 0.6) is 0 Å². The van der Waals surface area contributed by atoms with Crippen LogP contribution in [-0.2, 0) is 11.2 Å². The minimum absolute atomic E-state index is 0.0987. The number of thioether (sulfide) groups is 1. The summed E-state index contributed by atoms with van der Waals surface area (Å²) in [6.45, 7) is 2.20. The van der Waals surface area contributed by atoms with Gasteiger partial charge >= 0.3 is 0 Å². The van der Waals surface area contributed by atoms with Crippen LogP contribution >= 0.6 is 27.7 Å². The largest absolute Gasteiger partial charge is 0.342 e. The number of carbonyl (C=O) groups excluding carboxylic acids is 2. The van der Waals surface area contributed by atoms with E-state index < -0.39 is 0 Å². The summed E-state index contributed by atoms with van der Waals surface area (Å²) >= 11 is 5.30. The standard InChI is InChI=1S/C22H23BrN2O2S/c23-19-8-6-18(7-9-19)21(27)25-14-15-28-22(25)10-12-24(13-11-22)20(26)16-17-4-2-1-3-5-17/h1-9H,10-16H2. The van der Waals surface area contributed by atoms with E-state index in [0.717, 1.165) is 40.7 Å². The van der Waals surface area contributed by atoms with Crippen molar-refractivity contribution in [1.29, 1.82) is 0 Å². The second-order valence-corrected chi connectivity index (χ2v) is 9.67. The molecule has 0 N–H and O–H groups in total. The molecule has 2 aromatic carbocycles. The molecule has 6 heteroatoms. The molecule has 2 saturated heterocycles. The van der Waals surface area contributed by atoms with Crippen molar-refractivity contribution in [2.75, 3.05) is 25.4 Å². The number of rotatable bonds is 3. The summed E-state index contributed by atoms with van der Waals surface area (Å²) in [7, 11) is 0. The molecule has 0 aliphatic carbocycles. The molecule has 4 nitrogen and oxygen atoms in total. The summed E-state index contributed by atoms with van der Waals surface area (Å²) in [5, 5.41) is 0. The maximum atomic E-state index is 13.1. The van der Waals surface area contributed by atoms with Crippen LogP contribution in [-0.4, -0.2) is 51.9 Å². The summed E-state index contributed by atoms with van der Waals surface area (Å²) in [5.74, 6) is 1.23. The number of hydrogen-bond donors (Lipinski definition) is 0. The van der Waals surface area contributed by atoms with Crippen LogP contribution in [0.2, 0.25) is 0 Å². The van der Waals surface area contributed by atoms with Crippen molar-refractivity contribution in [2.45, 2.75) is 24.1 Å². The van der Waals surface area contributed by atoms with E-state index in [0.29, 0.717) is 19.5 Å². The van der Waals surface area contributed by atoms with Gasteiger partial charge in [-0.05, 0) is 42.7 Å². The highest BCUT2D eigenvalue weighted by atomic mass is 79.9. The lowest BCUT2D eigenvalue weighted by atomic mass is 10.00. The predicted octanol–water partition coefficient (Wildman–Crippen LogP) is 4.20. The van der Waals surface area contributed by atoms with Crippen molar-refractivity contribution in [2.24, 2.45) is 0 Å². The smallest absolute Gasteiger partial charge is 0.254 e. The normalized spacial score (nSPS) is 18.5. The van der Waals surface area contributed by atoms with Crippen molar-refractivity contribution in [3.8, 4) is 0 Å². The molecule has 146 valence electrons. The zero-order chi connectivity index (χ0) is 19.6. The first-order valence-electron chi connectivity index (χ1n) is 9.61. The fourth-order valence-corrected chi connectivity index (χ4v) is 5.77. The first kappa shape index (κ1) is 19.5. The number of carbonyl (C=O) groups is 2. The van der Waals surface area contributed by atoms with Gasteiger partial charge in [0, 0.05) is 35.4 Å². The Morgan fingerprint density at radius 1 is 0.964 bits per heavy atom. The number of hydrogen-bond acceptors (Lipinski definition) is 3. The van der Waals surface area contributed by atoms with Gasteiger partial charge in [0.25, 0.3) is 5.91 Å². The minimum atomic E-state index is -0.173. The summed E-state index contributed by atoms with van der Waals surface area (Å²) in [6, 6.07) is 17.5. The van der Waals surface area contributed by atoms with Crippen LogP contribution < -0.4 is 0 Å². The van der Waals surface area contributed by atoms with Gasteiger partial charge in [0.1, 0.15) is 0 Å². The summed E-state index contributed by atoms with van der Waals surface area (Å²) in [5.41, 5.74) is 1.78. The van der Waals surface area contributed by atoms with Crippen LogP contribution in [0.4, 0.5) is 0 Å². The van der Waals surface area contributed by atoms with Crippen molar-refractivity contribution >= 4 is 39.5 Å². The number of nitrogens with zero attached hydrogens (tertiary/aromatic N) is 2. The highest BCUT2D eigenvalue weighted by Crippen LogP contribution is 2.44. The number of piperidine rings is 1. The Kier molecular flexibility index (Phi) is 5.78. The van der Waals surface area contributed by atoms with E-state index in [-0.39, 0.29) is 16.7 Å². The Labute approximate surface area is 178 Å². The molecule has 0 radical (unpaired) electrons. The van der Waals surface area contributed by atoms with Crippen LogP contribution in [0.15, 0.2) is 59.1 Å². The first-order valence-corrected chi connectivity index (χ1v) is 11.4. The Bertz CT molecular complexity index is 849. The second-order valence-electron chi connectivity index (χ2n) is 7.30. The van der Waals surface area contributed by atoms with Gasteiger partial charge in [-0.1, -0.05) is 46.3 Å². The molecule has 2 aliphatic heterocycles. The third-order valence-electron chi connectivity index (χ3n) is 5.61. The number of benzene rings is 2. The van der Waals surface area contributed by atoms with Crippen molar-refractivity contribution in [3.63, 3.8) is 0 Å². The van der Waals surface area contributed by atoms with E-state index in [1.807, 2.05) is 76.2 Å². The Morgan fingerprint density at radius 3 is 2.32 bits per heavy atom. The summed E-state index contributed by atoms with van der Waals surface area (Å²) in [4.78, 5) is 29.6. The summed E-state index contributed by atoms with van der Waals surface area (Å²) < 4.78 is 0.972. The zero-order valence-corrected chi connectivity index (χ0v) is 18.0. The minimum Gasteiger partial charge on any atom is -0.342 e. The zero-order valence-electron chi connectivity index (χ0n) is 15.6. The van der Waals surface area contributed by atoms with Crippen molar-refractivity contribution in [1.82, 2.24) is 9.80 Å². The molecule has 0 unspecified atom stereocenters. The molecule has 2 aromatic rings. The third-order valence-corrected chi connectivity index (χ3v) is 7.69. The Hall–Kier alpha value is -1.79. The van der Waals surface area contributed by atoms with Gasteiger partial charge in [-0.3, -0.25) is 9.59 Å². The molecule has 2 aliphatic rings. The van der Waals surface area contributed by atoms with Crippen LogP contribution in [0, 0.1) is 0 Å². The van der Waals surface area contributed by atoms with E-state index in [1.165, 1.54) is 0 Å². The van der Waals surface area contributed by atoms with Crippen LogP contribution in [0.3, 0.4) is 0 Å². The monoisotopic (exact) mass is 458 g/mol. The van der Waals surface area contributed by atoms with Crippen molar-refractivity contribution < 1.29 is 9.59 Å².